The summed E-state index contributed by atoms with van der Waals surface area (Å²) in [5.41, 5.74) is 0.886. The van der Waals surface area contributed by atoms with Gasteiger partial charge in [0.15, 0.2) is 5.96 Å². The summed E-state index contributed by atoms with van der Waals surface area (Å²) in [6.45, 7) is 8.56. The summed E-state index contributed by atoms with van der Waals surface area (Å²) in [4.78, 5) is 20.7. The maximum absolute atomic E-state index is 12.3. The molecule has 1 aromatic carbocycles. The van der Waals surface area contributed by atoms with Crippen molar-refractivity contribution in [2.24, 2.45) is 4.99 Å². The molecule has 1 N–H and O–H groups in total. The van der Waals surface area contributed by atoms with Crippen LogP contribution >= 0.6 is 24.0 Å². The Morgan fingerprint density at radius 3 is 2.03 bits per heavy atom. The number of rotatable bonds is 9. The molecule has 0 fully saturated rings. The molecule has 166 valence electrons. The van der Waals surface area contributed by atoms with Gasteiger partial charge in [0.25, 0.3) is 0 Å². The number of likely N-dealkylation sites (N-methyl/N-ethyl adjacent to an activating group) is 2. The molecule has 0 heterocycles. The maximum Gasteiger partial charge on any atom is 0.242 e. The number of nitrogens with zero attached hydrogens (tertiary/aromatic N) is 4. The Balaban J connectivity index is 0.00000784. The van der Waals surface area contributed by atoms with Gasteiger partial charge in [0.1, 0.15) is 0 Å². The zero-order chi connectivity index (χ0) is 21.3. The van der Waals surface area contributed by atoms with Crippen LogP contribution in [0.15, 0.2) is 34.2 Å². The van der Waals surface area contributed by atoms with Crippen molar-refractivity contribution in [2.45, 2.75) is 32.2 Å². The number of benzene rings is 1. The highest BCUT2D eigenvalue weighted by Crippen LogP contribution is 2.14. The van der Waals surface area contributed by atoms with E-state index in [-0.39, 0.29) is 41.3 Å². The van der Waals surface area contributed by atoms with Gasteiger partial charge < -0.3 is 15.1 Å². The van der Waals surface area contributed by atoms with Crippen LogP contribution in [0.4, 0.5) is 0 Å². The molecule has 0 aromatic heterocycles. The van der Waals surface area contributed by atoms with Crippen molar-refractivity contribution in [1.29, 1.82) is 0 Å². The van der Waals surface area contributed by atoms with Gasteiger partial charge >= 0.3 is 0 Å². The van der Waals surface area contributed by atoms with Gasteiger partial charge in [-0.25, -0.2) is 17.7 Å². The van der Waals surface area contributed by atoms with Crippen LogP contribution in [0.3, 0.4) is 0 Å². The molecule has 29 heavy (non-hydrogen) atoms. The fourth-order valence-corrected chi connectivity index (χ4v) is 3.47. The highest BCUT2D eigenvalue weighted by Gasteiger charge is 2.17. The second-order valence-corrected chi connectivity index (χ2v) is 8.68. The van der Waals surface area contributed by atoms with Crippen molar-refractivity contribution in [2.75, 3.05) is 47.3 Å². The Kier molecular flexibility index (Phi) is 12.4. The number of carbonyl (C=O) groups excluding carboxylic acids is 1. The average molecular weight is 539 g/mol. The zero-order valence-electron chi connectivity index (χ0n) is 18.2. The van der Waals surface area contributed by atoms with Crippen molar-refractivity contribution >= 4 is 45.9 Å². The fraction of sp³-hybridized carbons (Fsp3) is 0.579. The van der Waals surface area contributed by atoms with Crippen molar-refractivity contribution in [3.8, 4) is 0 Å². The molecule has 0 spiro atoms. The van der Waals surface area contributed by atoms with Crippen LogP contribution in [0, 0.1) is 0 Å². The summed E-state index contributed by atoms with van der Waals surface area (Å²) in [6, 6.07) is 6.68. The van der Waals surface area contributed by atoms with Gasteiger partial charge in [0.05, 0.1) is 18.0 Å². The highest BCUT2D eigenvalue weighted by atomic mass is 127. The van der Waals surface area contributed by atoms with E-state index in [0.717, 1.165) is 5.56 Å². The number of hydrogen-bond donors (Lipinski definition) is 1. The number of guanidine groups is 1. The number of nitrogens with one attached hydrogen (secondary N) is 1. The smallest absolute Gasteiger partial charge is 0.242 e. The Morgan fingerprint density at radius 2 is 1.59 bits per heavy atom. The van der Waals surface area contributed by atoms with Crippen molar-refractivity contribution in [3.05, 3.63) is 29.8 Å². The number of amides is 1. The predicted octanol–water partition coefficient (Wildman–Crippen LogP) is 1.82. The average Bonchev–Trinajstić information content (AvgIpc) is 2.66. The van der Waals surface area contributed by atoms with Gasteiger partial charge in [-0.15, -0.1) is 24.0 Å². The topological polar surface area (TPSA) is 85.3 Å². The van der Waals surface area contributed by atoms with Gasteiger partial charge in [0.2, 0.25) is 15.9 Å². The van der Waals surface area contributed by atoms with Gasteiger partial charge in [-0.2, -0.15) is 0 Å². The molecule has 0 aliphatic heterocycles. The van der Waals surface area contributed by atoms with Crippen molar-refractivity contribution < 1.29 is 13.2 Å². The molecule has 0 radical (unpaired) electrons. The van der Waals surface area contributed by atoms with E-state index in [2.05, 4.69) is 10.3 Å². The summed E-state index contributed by atoms with van der Waals surface area (Å²) in [5, 5.41) is 3.19. The van der Waals surface area contributed by atoms with E-state index in [0.29, 0.717) is 32.1 Å². The van der Waals surface area contributed by atoms with E-state index < -0.39 is 10.0 Å². The molecule has 10 heteroatoms. The monoisotopic (exact) mass is 539 g/mol. The fourth-order valence-electron chi connectivity index (χ4n) is 2.57. The third-order valence-electron chi connectivity index (χ3n) is 4.30. The number of hydrogen-bond acceptors (Lipinski definition) is 4. The second-order valence-electron chi connectivity index (χ2n) is 6.52. The Bertz CT molecular complexity index is 763. The van der Waals surface area contributed by atoms with E-state index in [1.54, 1.807) is 34.1 Å². The first-order valence-corrected chi connectivity index (χ1v) is 10.9. The lowest BCUT2D eigenvalue weighted by Crippen LogP contribution is -2.45. The van der Waals surface area contributed by atoms with Gasteiger partial charge in [-0.1, -0.05) is 12.1 Å². The Hall–Kier alpha value is -1.40. The van der Waals surface area contributed by atoms with Crippen LogP contribution < -0.4 is 5.32 Å². The first-order chi connectivity index (χ1) is 13.2. The molecule has 0 unspecified atom stereocenters. The molecule has 0 saturated heterocycles. The molecule has 0 saturated carbocycles. The lowest BCUT2D eigenvalue weighted by Gasteiger charge is -2.25. The van der Waals surface area contributed by atoms with Crippen LogP contribution in [0.1, 0.15) is 26.3 Å². The minimum atomic E-state index is -3.44. The van der Waals surface area contributed by atoms with Crippen molar-refractivity contribution in [3.63, 3.8) is 0 Å². The number of aliphatic imine (C=N–C) groups is 1. The van der Waals surface area contributed by atoms with E-state index in [4.69, 9.17) is 0 Å². The Morgan fingerprint density at radius 1 is 1.03 bits per heavy atom. The quantitative estimate of drug-likeness (QED) is 0.294. The normalized spacial score (nSPS) is 11.8. The van der Waals surface area contributed by atoms with E-state index >= 15 is 0 Å². The molecule has 0 aliphatic carbocycles. The van der Waals surface area contributed by atoms with Gasteiger partial charge in [-0.05, 0) is 38.5 Å². The van der Waals surface area contributed by atoms with Crippen LogP contribution in [0.5, 0.6) is 0 Å². The standard InChI is InChI=1S/C19H33N5O3S.HI/c1-7-20-19(23(6)15-18(25)24(8-2)9-3)21-14-16-10-12-17(13-11-16)28(26,27)22(4)5;/h10-13H,7-9,14-15H2,1-6H3,(H,20,21);1H. The van der Waals surface area contributed by atoms with E-state index in [9.17, 15) is 13.2 Å². The summed E-state index contributed by atoms with van der Waals surface area (Å²) in [6.07, 6.45) is 0. The SMILES string of the molecule is CCNC(=NCc1ccc(S(=O)(=O)N(C)C)cc1)N(C)CC(=O)N(CC)CC.I. The van der Waals surface area contributed by atoms with E-state index in [1.165, 1.54) is 18.4 Å². The van der Waals surface area contributed by atoms with Crippen LogP contribution in [-0.2, 0) is 21.4 Å². The molecule has 0 atom stereocenters. The maximum atomic E-state index is 12.3. The third-order valence-corrected chi connectivity index (χ3v) is 6.13. The Labute approximate surface area is 192 Å². The molecule has 0 bridgehead atoms. The lowest BCUT2D eigenvalue weighted by molar-refractivity contribution is -0.131. The summed E-state index contributed by atoms with van der Waals surface area (Å²) < 4.78 is 25.5. The number of halogens is 1. The van der Waals surface area contributed by atoms with Gasteiger partial charge in [-0.3, -0.25) is 4.79 Å². The minimum absolute atomic E-state index is 0. The zero-order valence-corrected chi connectivity index (χ0v) is 21.3. The lowest BCUT2D eigenvalue weighted by atomic mass is 10.2. The number of carbonyl (C=O) groups is 1. The largest absolute Gasteiger partial charge is 0.357 e. The number of sulfonamides is 1. The second kappa shape index (κ2) is 13.0. The molecule has 1 aromatic rings. The van der Waals surface area contributed by atoms with Crippen LogP contribution in [-0.4, -0.2) is 81.7 Å². The molecule has 0 aliphatic rings. The molecular formula is C19H34IN5O3S. The summed E-state index contributed by atoms with van der Waals surface area (Å²) >= 11 is 0. The summed E-state index contributed by atoms with van der Waals surface area (Å²) in [7, 11) is 1.40. The molecular weight excluding hydrogens is 505 g/mol. The van der Waals surface area contributed by atoms with Crippen LogP contribution in [0.2, 0.25) is 0 Å². The minimum Gasteiger partial charge on any atom is -0.357 e. The van der Waals surface area contributed by atoms with Gasteiger partial charge in [0, 0.05) is 40.8 Å². The first-order valence-electron chi connectivity index (χ1n) is 9.45. The van der Waals surface area contributed by atoms with Crippen LogP contribution in [0.25, 0.3) is 0 Å². The first kappa shape index (κ1) is 27.6. The molecule has 8 nitrogen and oxygen atoms in total. The van der Waals surface area contributed by atoms with E-state index in [1.807, 2.05) is 27.8 Å². The summed E-state index contributed by atoms with van der Waals surface area (Å²) in [5.74, 6) is 0.685. The van der Waals surface area contributed by atoms with Crippen molar-refractivity contribution in [1.82, 2.24) is 19.4 Å². The molecule has 1 rings (SSSR count). The molecule has 1 amide bonds. The highest BCUT2D eigenvalue weighted by molar-refractivity contribution is 14.0. The predicted molar refractivity (Wildman–Crippen MR) is 128 cm³/mol. The third kappa shape index (κ3) is 8.09.